The molecule has 0 aliphatic heterocycles. The van der Waals surface area contributed by atoms with E-state index < -0.39 is 0 Å². The second kappa shape index (κ2) is 6.51. The number of hydrogen-bond acceptors (Lipinski definition) is 2. The fraction of sp³-hybridized carbons (Fsp3) is 0.706. The van der Waals surface area contributed by atoms with E-state index in [1.807, 2.05) is 18.3 Å². The van der Waals surface area contributed by atoms with Gasteiger partial charge in [-0.2, -0.15) is 0 Å². The highest BCUT2D eigenvalue weighted by Crippen LogP contribution is 2.35. The number of aromatic nitrogens is 1. The van der Waals surface area contributed by atoms with Crippen molar-refractivity contribution in [3.8, 4) is 0 Å². The third-order valence-corrected chi connectivity index (χ3v) is 3.51. The van der Waals surface area contributed by atoms with Crippen molar-refractivity contribution >= 4 is 0 Å². The summed E-state index contributed by atoms with van der Waals surface area (Å²) in [7, 11) is 0. The second-order valence-corrected chi connectivity index (χ2v) is 7.78. The zero-order chi connectivity index (χ0) is 14.5. The molecule has 0 saturated heterocycles. The van der Waals surface area contributed by atoms with Gasteiger partial charge in [0.2, 0.25) is 0 Å². The van der Waals surface area contributed by atoms with E-state index >= 15 is 0 Å². The Bertz CT molecular complexity index is 357. The van der Waals surface area contributed by atoms with Gasteiger partial charge in [-0.15, -0.1) is 0 Å². The number of nitrogens with zero attached hydrogens (tertiary/aromatic N) is 1. The summed E-state index contributed by atoms with van der Waals surface area (Å²) >= 11 is 0. The largest absolute Gasteiger partial charge is 0.311 e. The van der Waals surface area contributed by atoms with E-state index in [9.17, 15) is 0 Å². The molecule has 0 bridgehead atoms. The lowest BCUT2D eigenvalue weighted by Crippen LogP contribution is -2.34. The third-order valence-electron chi connectivity index (χ3n) is 3.51. The number of nitrogens with one attached hydrogen (secondary N) is 1. The first-order valence-electron chi connectivity index (χ1n) is 7.29. The van der Waals surface area contributed by atoms with Crippen molar-refractivity contribution in [2.75, 3.05) is 6.54 Å². The Morgan fingerprint density at radius 2 is 1.79 bits per heavy atom. The topological polar surface area (TPSA) is 24.9 Å². The van der Waals surface area contributed by atoms with Gasteiger partial charge in [-0.25, -0.2) is 0 Å². The van der Waals surface area contributed by atoms with Crippen LogP contribution in [0.4, 0.5) is 0 Å². The minimum absolute atomic E-state index is 0.338. The van der Waals surface area contributed by atoms with Crippen LogP contribution < -0.4 is 5.32 Å². The van der Waals surface area contributed by atoms with Gasteiger partial charge in [0.1, 0.15) is 0 Å². The average Bonchev–Trinajstić information content (AvgIpc) is 2.26. The van der Waals surface area contributed by atoms with E-state index in [0.29, 0.717) is 16.7 Å². The zero-order valence-corrected chi connectivity index (χ0v) is 13.5. The molecule has 0 aliphatic rings. The number of pyridine rings is 1. The molecule has 1 unspecified atom stereocenters. The molecular formula is C17H30N2. The van der Waals surface area contributed by atoms with E-state index in [2.05, 4.69) is 57.9 Å². The highest BCUT2D eigenvalue weighted by Gasteiger charge is 2.28. The minimum atomic E-state index is 0.338. The molecule has 0 amide bonds. The molecule has 2 heteroatoms. The van der Waals surface area contributed by atoms with Gasteiger partial charge in [0.05, 0.1) is 5.69 Å². The molecule has 1 aromatic rings. The molecule has 0 fully saturated rings. The van der Waals surface area contributed by atoms with Crippen molar-refractivity contribution in [3.05, 3.63) is 30.1 Å². The van der Waals surface area contributed by atoms with Crippen molar-refractivity contribution in [2.24, 2.45) is 16.7 Å². The zero-order valence-electron chi connectivity index (χ0n) is 13.5. The van der Waals surface area contributed by atoms with Crippen LogP contribution in [-0.2, 0) is 6.54 Å². The van der Waals surface area contributed by atoms with Gasteiger partial charge in [0, 0.05) is 12.7 Å². The van der Waals surface area contributed by atoms with Crippen LogP contribution in [0.2, 0.25) is 0 Å². The molecule has 1 rings (SSSR count). The maximum absolute atomic E-state index is 4.35. The summed E-state index contributed by atoms with van der Waals surface area (Å²) in [6.07, 6.45) is 3.10. The quantitative estimate of drug-likeness (QED) is 0.857. The number of rotatable bonds is 5. The van der Waals surface area contributed by atoms with Gasteiger partial charge >= 0.3 is 0 Å². The fourth-order valence-electron chi connectivity index (χ4n) is 2.30. The summed E-state index contributed by atoms with van der Waals surface area (Å²) in [5.74, 6) is 0.677. The summed E-state index contributed by atoms with van der Waals surface area (Å²) in [5, 5.41) is 3.57. The lowest BCUT2D eigenvalue weighted by molar-refractivity contribution is 0.161. The van der Waals surface area contributed by atoms with Gasteiger partial charge in [0.15, 0.2) is 0 Å². The Kier molecular flexibility index (Phi) is 5.54. The van der Waals surface area contributed by atoms with Gasteiger partial charge in [-0.1, -0.05) is 47.6 Å². The molecule has 1 aromatic heterocycles. The van der Waals surface area contributed by atoms with Crippen molar-refractivity contribution in [1.82, 2.24) is 10.3 Å². The standard InChI is InChI=1S/C17H30N2/c1-16(2,3)11-14(17(4,5)6)12-18-13-15-9-7-8-10-19-15/h7-10,14,18H,11-13H2,1-6H3. The van der Waals surface area contributed by atoms with Gasteiger partial charge in [-0.3, -0.25) is 4.98 Å². The summed E-state index contributed by atoms with van der Waals surface area (Å²) in [4.78, 5) is 4.35. The Morgan fingerprint density at radius 1 is 1.11 bits per heavy atom. The predicted octanol–water partition coefficient (Wildman–Crippen LogP) is 4.27. The summed E-state index contributed by atoms with van der Waals surface area (Å²) in [5.41, 5.74) is 1.83. The van der Waals surface area contributed by atoms with Gasteiger partial charge in [-0.05, 0) is 41.8 Å². The highest BCUT2D eigenvalue weighted by molar-refractivity contribution is 5.02. The normalized spacial score (nSPS) is 14.4. The summed E-state index contributed by atoms with van der Waals surface area (Å²) in [6.45, 7) is 15.9. The van der Waals surface area contributed by atoms with E-state index in [0.717, 1.165) is 18.8 Å². The molecule has 0 radical (unpaired) electrons. The minimum Gasteiger partial charge on any atom is -0.311 e. The molecule has 0 aromatic carbocycles. The van der Waals surface area contributed by atoms with Crippen LogP contribution in [0.5, 0.6) is 0 Å². The summed E-state index contributed by atoms with van der Waals surface area (Å²) < 4.78 is 0. The third kappa shape index (κ3) is 6.72. The van der Waals surface area contributed by atoms with Gasteiger partial charge in [0.25, 0.3) is 0 Å². The molecule has 108 valence electrons. The van der Waals surface area contributed by atoms with E-state index in [-0.39, 0.29) is 0 Å². The lowest BCUT2D eigenvalue weighted by Gasteiger charge is -2.36. The van der Waals surface area contributed by atoms with Crippen molar-refractivity contribution in [2.45, 2.75) is 54.5 Å². The number of hydrogen-bond donors (Lipinski definition) is 1. The van der Waals surface area contributed by atoms with Gasteiger partial charge < -0.3 is 5.32 Å². The molecule has 19 heavy (non-hydrogen) atoms. The predicted molar refractivity (Wildman–Crippen MR) is 83.0 cm³/mol. The van der Waals surface area contributed by atoms with Crippen molar-refractivity contribution in [3.63, 3.8) is 0 Å². The van der Waals surface area contributed by atoms with Crippen LogP contribution in [-0.4, -0.2) is 11.5 Å². The maximum atomic E-state index is 4.35. The van der Waals surface area contributed by atoms with Crippen molar-refractivity contribution in [1.29, 1.82) is 0 Å². The van der Waals surface area contributed by atoms with E-state index in [1.165, 1.54) is 6.42 Å². The summed E-state index contributed by atoms with van der Waals surface area (Å²) in [6, 6.07) is 6.07. The lowest BCUT2D eigenvalue weighted by atomic mass is 9.72. The molecule has 2 nitrogen and oxygen atoms in total. The van der Waals surface area contributed by atoms with Crippen LogP contribution in [0, 0.1) is 16.7 Å². The van der Waals surface area contributed by atoms with Crippen LogP contribution in [0.15, 0.2) is 24.4 Å². The SMILES string of the molecule is CC(C)(C)CC(CNCc1ccccn1)C(C)(C)C. The Balaban J connectivity index is 2.50. The Labute approximate surface area is 119 Å². The van der Waals surface area contributed by atoms with Crippen LogP contribution in [0.25, 0.3) is 0 Å². The van der Waals surface area contributed by atoms with E-state index in [4.69, 9.17) is 0 Å². The molecule has 0 saturated carbocycles. The Morgan fingerprint density at radius 3 is 2.26 bits per heavy atom. The average molecular weight is 262 g/mol. The molecule has 0 spiro atoms. The molecular weight excluding hydrogens is 232 g/mol. The second-order valence-electron chi connectivity index (χ2n) is 7.78. The fourth-order valence-corrected chi connectivity index (χ4v) is 2.30. The molecule has 1 heterocycles. The highest BCUT2D eigenvalue weighted by atomic mass is 14.9. The molecule has 0 aliphatic carbocycles. The first-order chi connectivity index (χ1) is 8.68. The van der Waals surface area contributed by atoms with Crippen LogP contribution in [0.3, 0.4) is 0 Å². The molecule has 1 atom stereocenters. The Hall–Kier alpha value is -0.890. The molecule has 1 N–H and O–H groups in total. The van der Waals surface area contributed by atoms with E-state index in [1.54, 1.807) is 0 Å². The smallest absolute Gasteiger partial charge is 0.0541 e. The first kappa shape index (κ1) is 16.2. The van der Waals surface area contributed by atoms with Crippen molar-refractivity contribution < 1.29 is 0 Å². The maximum Gasteiger partial charge on any atom is 0.0541 e. The monoisotopic (exact) mass is 262 g/mol. The van der Waals surface area contributed by atoms with Crippen LogP contribution >= 0.6 is 0 Å². The van der Waals surface area contributed by atoms with Crippen LogP contribution in [0.1, 0.15) is 53.7 Å². The first-order valence-corrected chi connectivity index (χ1v) is 7.29.